The first-order chi connectivity index (χ1) is 9.06. The maximum Gasteiger partial charge on any atom is 0.306 e. The summed E-state index contributed by atoms with van der Waals surface area (Å²) in [6.07, 6.45) is 5.37. The molecule has 1 unspecified atom stereocenters. The van der Waals surface area contributed by atoms with Gasteiger partial charge in [-0.15, -0.1) is 0 Å². The smallest absolute Gasteiger partial charge is 0.306 e. The highest BCUT2D eigenvalue weighted by atomic mass is 16.4. The summed E-state index contributed by atoms with van der Waals surface area (Å²) in [6, 6.07) is 5.83. The van der Waals surface area contributed by atoms with Crippen molar-refractivity contribution in [3.8, 4) is 0 Å². The van der Waals surface area contributed by atoms with Crippen LogP contribution in [0.5, 0.6) is 0 Å². The van der Waals surface area contributed by atoms with Crippen LogP contribution in [0.15, 0.2) is 28.7 Å². The number of nitrogens with zero attached hydrogens (tertiary/aromatic N) is 1. The number of oxazole rings is 1. The van der Waals surface area contributed by atoms with E-state index in [0.29, 0.717) is 12.3 Å². The fourth-order valence-electron chi connectivity index (χ4n) is 1.85. The van der Waals surface area contributed by atoms with Gasteiger partial charge in [-0.1, -0.05) is 25.1 Å². The Bertz CT molecular complexity index is 613. The number of carboxylic acids is 1. The maximum absolute atomic E-state index is 10.7. The highest BCUT2D eigenvalue weighted by molar-refractivity contribution is 5.76. The molecule has 4 nitrogen and oxygen atoms in total. The van der Waals surface area contributed by atoms with Gasteiger partial charge in [-0.2, -0.15) is 0 Å². The molecule has 2 rings (SSSR count). The molecule has 4 heteroatoms. The number of benzene rings is 1. The zero-order chi connectivity index (χ0) is 13.8. The summed E-state index contributed by atoms with van der Waals surface area (Å²) in [6.45, 7) is 3.54. The average molecular weight is 259 g/mol. The van der Waals surface area contributed by atoms with E-state index in [1.165, 1.54) is 0 Å². The second-order valence-electron chi connectivity index (χ2n) is 4.68. The number of carboxylic acid groups (broad SMARTS) is 1. The van der Waals surface area contributed by atoms with Crippen LogP contribution in [0.3, 0.4) is 0 Å². The van der Waals surface area contributed by atoms with E-state index in [-0.39, 0.29) is 5.92 Å². The van der Waals surface area contributed by atoms with Crippen LogP contribution in [0.1, 0.15) is 31.2 Å². The molecule has 0 saturated carbocycles. The van der Waals surface area contributed by atoms with Crippen molar-refractivity contribution in [1.82, 2.24) is 4.98 Å². The van der Waals surface area contributed by atoms with Crippen molar-refractivity contribution in [2.24, 2.45) is 5.92 Å². The number of aromatic nitrogens is 1. The molecule has 0 amide bonds. The van der Waals surface area contributed by atoms with Gasteiger partial charge in [0.15, 0.2) is 11.5 Å². The van der Waals surface area contributed by atoms with Crippen LogP contribution in [-0.4, -0.2) is 16.1 Å². The van der Waals surface area contributed by atoms with E-state index >= 15 is 0 Å². The highest BCUT2D eigenvalue weighted by Gasteiger charge is 2.08. The van der Waals surface area contributed by atoms with Gasteiger partial charge < -0.3 is 9.52 Å². The molecule has 1 N–H and O–H groups in total. The Kier molecular flexibility index (Phi) is 4.00. The van der Waals surface area contributed by atoms with E-state index in [1.54, 1.807) is 6.92 Å². The van der Waals surface area contributed by atoms with Gasteiger partial charge in [0, 0.05) is 6.92 Å². The third-order valence-corrected chi connectivity index (χ3v) is 3.02. The Morgan fingerprint density at radius 3 is 3.05 bits per heavy atom. The molecule has 0 aliphatic rings. The summed E-state index contributed by atoms with van der Waals surface area (Å²) in [5.74, 6) is -0.387. The van der Waals surface area contributed by atoms with Crippen molar-refractivity contribution in [3.63, 3.8) is 0 Å². The van der Waals surface area contributed by atoms with E-state index in [4.69, 9.17) is 9.52 Å². The van der Waals surface area contributed by atoms with Crippen molar-refractivity contribution < 1.29 is 14.3 Å². The number of allylic oxidation sites excluding steroid dienone is 1. The Balaban J connectivity index is 1.98. The first-order valence-corrected chi connectivity index (χ1v) is 6.33. The molecule has 0 aliphatic heterocycles. The van der Waals surface area contributed by atoms with Crippen LogP contribution in [0.25, 0.3) is 17.2 Å². The lowest BCUT2D eigenvalue weighted by Gasteiger charge is -2.01. The van der Waals surface area contributed by atoms with Crippen LogP contribution in [0.2, 0.25) is 0 Å². The maximum atomic E-state index is 10.7. The van der Waals surface area contributed by atoms with Crippen molar-refractivity contribution >= 4 is 23.1 Å². The molecule has 1 aromatic heterocycles. The number of rotatable bonds is 5. The minimum absolute atomic E-state index is 0.302. The topological polar surface area (TPSA) is 63.3 Å². The fraction of sp³-hybridized carbons (Fsp3) is 0.333. The molecule has 0 radical (unpaired) electrons. The number of aryl methyl sites for hydroxylation is 1. The molecule has 2 aromatic rings. The normalized spacial score (nSPS) is 13.2. The Labute approximate surface area is 111 Å². The zero-order valence-electron chi connectivity index (χ0n) is 11.1. The average Bonchev–Trinajstić information content (AvgIpc) is 2.73. The lowest BCUT2D eigenvalue weighted by Crippen LogP contribution is -2.08. The van der Waals surface area contributed by atoms with E-state index in [2.05, 4.69) is 4.98 Å². The van der Waals surface area contributed by atoms with E-state index in [1.807, 2.05) is 37.3 Å². The van der Waals surface area contributed by atoms with E-state index in [0.717, 1.165) is 23.1 Å². The molecule has 1 atom stereocenters. The monoisotopic (exact) mass is 259 g/mol. The van der Waals surface area contributed by atoms with Crippen molar-refractivity contribution in [2.45, 2.75) is 26.7 Å². The van der Waals surface area contributed by atoms with Gasteiger partial charge in [0.1, 0.15) is 5.52 Å². The van der Waals surface area contributed by atoms with E-state index < -0.39 is 5.97 Å². The van der Waals surface area contributed by atoms with Gasteiger partial charge in [0.2, 0.25) is 0 Å². The SMILES string of the molecule is Cc1nc2ccc(/C=C/CCC(C)C(=O)O)cc2o1. The molecule has 0 fully saturated rings. The molecule has 1 heterocycles. The summed E-state index contributed by atoms with van der Waals surface area (Å²) in [4.78, 5) is 14.9. The number of carbonyl (C=O) groups is 1. The minimum Gasteiger partial charge on any atom is -0.481 e. The summed E-state index contributed by atoms with van der Waals surface area (Å²) in [5.41, 5.74) is 2.67. The summed E-state index contributed by atoms with van der Waals surface area (Å²) >= 11 is 0. The van der Waals surface area contributed by atoms with Crippen molar-refractivity contribution in [3.05, 3.63) is 35.7 Å². The Hall–Kier alpha value is -2.10. The summed E-state index contributed by atoms with van der Waals surface area (Å²) in [5, 5.41) is 8.78. The Morgan fingerprint density at radius 1 is 1.53 bits per heavy atom. The van der Waals surface area contributed by atoms with Crippen LogP contribution in [-0.2, 0) is 4.79 Å². The third kappa shape index (κ3) is 3.44. The second-order valence-corrected chi connectivity index (χ2v) is 4.68. The molecule has 0 aliphatic carbocycles. The molecular formula is C15H17NO3. The van der Waals surface area contributed by atoms with Gasteiger partial charge >= 0.3 is 5.97 Å². The largest absolute Gasteiger partial charge is 0.481 e. The fourth-order valence-corrected chi connectivity index (χ4v) is 1.85. The van der Waals surface area contributed by atoms with Gasteiger partial charge in [0.25, 0.3) is 0 Å². The van der Waals surface area contributed by atoms with Crippen LogP contribution < -0.4 is 0 Å². The van der Waals surface area contributed by atoms with Gasteiger partial charge in [-0.05, 0) is 30.5 Å². The van der Waals surface area contributed by atoms with Gasteiger partial charge in [-0.25, -0.2) is 4.98 Å². The molecule has 19 heavy (non-hydrogen) atoms. The highest BCUT2D eigenvalue weighted by Crippen LogP contribution is 2.18. The van der Waals surface area contributed by atoms with Gasteiger partial charge in [0.05, 0.1) is 5.92 Å². The number of hydrogen-bond donors (Lipinski definition) is 1. The first kappa shape index (κ1) is 13.3. The first-order valence-electron chi connectivity index (χ1n) is 6.33. The Morgan fingerprint density at radius 2 is 2.32 bits per heavy atom. The number of aliphatic carboxylic acids is 1. The summed E-state index contributed by atoms with van der Waals surface area (Å²) in [7, 11) is 0. The standard InChI is InChI=1S/C15H17NO3/c1-10(15(17)18)5-3-4-6-12-7-8-13-14(9-12)19-11(2)16-13/h4,6-10H,3,5H2,1-2H3,(H,17,18)/b6-4+. The van der Waals surface area contributed by atoms with E-state index in [9.17, 15) is 4.79 Å². The minimum atomic E-state index is -0.744. The van der Waals surface area contributed by atoms with Crippen molar-refractivity contribution in [1.29, 1.82) is 0 Å². The molecule has 1 aromatic carbocycles. The van der Waals surface area contributed by atoms with Crippen LogP contribution >= 0.6 is 0 Å². The molecule has 100 valence electrons. The molecular weight excluding hydrogens is 242 g/mol. The number of fused-ring (bicyclic) bond motifs is 1. The second kappa shape index (κ2) is 5.69. The number of hydrogen-bond acceptors (Lipinski definition) is 3. The molecule has 0 spiro atoms. The van der Waals surface area contributed by atoms with Crippen molar-refractivity contribution in [2.75, 3.05) is 0 Å². The summed E-state index contributed by atoms with van der Waals surface area (Å²) < 4.78 is 5.46. The predicted octanol–water partition coefficient (Wildman–Crippen LogP) is 3.65. The zero-order valence-corrected chi connectivity index (χ0v) is 11.1. The molecule has 0 bridgehead atoms. The van der Waals surface area contributed by atoms with Crippen LogP contribution in [0, 0.1) is 12.8 Å². The van der Waals surface area contributed by atoms with Gasteiger partial charge in [-0.3, -0.25) is 4.79 Å². The predicted molar refractivity (Wildman–Crippen MR) is 73.8 cm³/mol. The third-order valence-electron chi connectivity index (χ3n) is 3.02. The lowest BCUT2D eigenvalue weighted by atomic mass is 10.1. The lowest BCUT2D eigenvalue weighted by molar-refractivity contribution is -0.141. The quantitative estimate of drug-likeness (QED) is 0.890. The molecule has 0 saturated heterocycles. The van der Waals surface area contributed by atoms with Crippen LogP contribution in [0.4, 0.5) is 0 Å².